The van der Waals surface area contributed by atoms with Crippen LogP contribution in [-0.2, 0) is 14.6 Å². The van der Waals surface area contributed by atoms with Crippen molar-refractivity contribution in [1.82, 2.24) is 19.7 Å². The number of piperidine rings is 1. The van der Waals surface area contributed by atoms with Crippen LogP contribution in [0.15, 0.2) is 12.7 Å². The molecule has 2 heterocycles. The molecule has 0 aromatic carbocycles. The molecule has 0 aliphatic carbocycles. The standard InChI is InChI=1S/C14H24N4O3S/c1-12(2)9-22(20,21)7-5-14(19)17-6-3-4-13(8-17)18-11-15-10-16-18/h10-13H,3-9H2,1-2H3/t13-/m1/s1. The lowest BCUT2D eigenvalue weighted by Gasteiger charge is -2.32. The van der Waals surface area contributed by atoms with Gasteiger partial charge in [-0.1, -0.05) is 13.8 Å². The highest BCUT2D eigenvalue weighted by Crippen LogP contribution is 2.20. The summed E-state index contributed by atoms with van der Waals surface area (Å²) in [5.41, 5.74) is 0. The Kier molecular flexibility index (Phi) is 5.55. The zero-order valence-electron chi connectivity index (χ0n) is 13.2. The van der Waals surface area contributed by atoms with E-state index in [1.807, 2.05) is 13.8 Å². The van der Waals surface area contributed by atoms with E-state index < -0.39 is 9.84 Å². The van der Waals surface area contributed by atoms with Crippen molar-refractivity contribution < 1.29 is 13.2 Å². The third-order valence-electron chi connectivity index (χ3n) is 3.77. The minimum absolute atomic E-state index is 0.0610. The van der Waals surface area contributed by atoms with E-state index >= 15 is 0 Å². The van der Waals surface area contributed by atoms with Crippen LogP contribution in [0.5, 0.6) is 0 Å². The van der Waals surface area contributed by atoms with Crippen LogP contribution < -0.4 is 0 Å². The van der Waals surface area contributed by atoms with E-state index in [0.29, 0.717) is 13.1 Å². The van der Waals surface area contributed by atoms with Gasteiger partial charge in [0.15, 0.2) is 9.84 Å². The number of amides is 1. The first kappa shape index (κ1) is 16.9. The predicted molar refractivity (Wildman–Crippen MR) is 83.0 cm³/mol. The molecule has 0 unspecified atom stereocenters. The second-order valence-electron chi connectivity index (χ2n) is 6.27. The topological polar surface area (TPSA) is 85.2 Å². The number of likely N-dealkylation sites (tertiary alicyclic amines) is 1. The molecule has 1 fully saturated rings. The van der Waals surface area contributed by atoms with Gasteiger partial charge in [-0.15, -0.1) is 0 Å². The molecule has 1 aromatic heterocycles. The Bertz CT molecular complexity index is 583. The first-order chi connectivity index (χ1) is 10.4. The number of sulfone groups is 1. The van der Waals surface area contributed by atoms with E-state index in [-0.39, 0.29) is 35.8 Å². The van der Waals surface area contributed by atoms with Crippen molar-refractivity contribution in [2.75, 3.05) is 24.6 Å². The van der Waals surface area contributed by atoms with Gasteiger partial charge >= 0.3 is 0 Å². The average Bonchev–Trinajstić information content (AvgIpc) is 2.98. The lowest BCUT2D eigenvalue weighted by Crippen LogP contribution is -2.41. The largest absolute Gasteiger partial charge is 0.341 e. The Morgan fingerprint density at radius 3 is 2.82 bits per heavy atom. The highest BCUT2D eigenvalue weighted by atomic mass is 32.2. The summed E-state index contributed by atoms with van der Waals surface area (Å²) in [7, 11) is -3.15. The molecule has 1 saturated heterocycles. The lowest BCUT2D eigenvalue weighted by atomic mass is 10.1. The van der Waals surface area contributed by atoms with Crippen molar-refractivity contribution in [3.05, 3.63) is 12.7 Å². The van der Waals surface area contributed by atoms with E-state index in [0.717, 1.165) is 12.8 Å². The molecule has 1 aromatic rings. The Hall–Kier alpha value is -1.44. The van der Waals surface area contributed by atoms with E-state index in [2.05, 4.69) is 10.1 Å². The van der Waals surface area contributed by atoms with Gasteiger partial charge in [-0.05, 0) is 18.8 Å². The van der Waals surface area contributed by atoms with E-state index in [1.165, 1.54) is 6.33 Å². The van der Waals surface area contributed by atoms with Crippen LogP contribution >= 0.6 is 0 Å². The summed E-state index contributed by atoms with van der Waals surface area (Å²) in [6.07, 6.45) is 5.07. The van der Waals surface area contributed by atoms with E-state index in [1.54, 1.807) is 15.9 Å². The molecule has 7 nitrogen and oxygen atoms in total. The van der Waals surface area contributed by atoms with Crippen molar-refractivity contribution in [1.29, 1.82) is 0 Å². The molecule has 0 N–H and O–H groups in total. The highest BCUT2D eigenvalue weighted by Gasteiger charge is 2.26. The summed E-state index contributed by atoms with van der Waals surface area (Å²) >= 11 is 0. The Morgan fingerprint density at radius 1 is 1.41 bits per heavy atom. The average molecular weight is 328 g/mol. The second kappa shape index (κ2) is 7.21. The summed E-state index contributed by atoms with van der Waals surface area (Å²) in [5.74, 6) is 0.0834. The molecule has 1 atom stereocenters. The van der Waals surface area contributed by atoms with E-state index in [4.69, 9.17) is 0 Å². The quantitative estimate of drug-likeness (QED) is 0.774. The van der Waals surface area contributed by atoms with Crippen LogP contribution in [-0.4, -0.2) is 58.6 Å². The minimum Gasteiger partial charge on any atom is -0.341 e. The Labute approximate surface area is 131 Å². The predicted octanol–water partition coefficient (Wildman–Crippen LogP) is 0.902. The van der Waals surface area contributed by atoms with Gasteiger partial charge in [-0.2, -0.15) is 5.10 Å². The zero-order valence-corrected chi connectivity index (χ0v) is 14.0. The van der Waals surface area contributed by atoms with Crippen molar-refractivity contribution in [3.63, 3.8) is 0 Å². The van der Waals surface area contributed by atoms with E-state index in [9.17, 15) is 13.2 Å². The Balaban J connectivity index is 1.87. The number of carbonyl (C=O) groups excluding carboxylic acids is 1. The normalized spacial score (nSPS) is 19.6. The number of rotatable bonds is 6. The minimum atomic E-state index is -3.15. The van der Waals surface area contributed by atoms with Crippen molar-refractivity contribution >= 4 is 15.7 Å². The van der Waals surface area contributed by atoms with Gasteiger partial charge in [-0.25, -0.2) is 18.1 Å². The molecule has 0 radical (unpaired) electrons. The third-order valence-corrected chi connectivity index (χ3v) is 5.77. The summed E-state index contributed by atoms with van der Waals surface area (Å²) in [6.45, 7) is 5.00. The fourth-order valence-electron chi connectivity index (χ4n) is 2.80. The van der Waals surface area contributed by atoms with Gasteiger partial charge in [0, 0.05) is 19.5 Å². The number of carbonyl (C=O) groups is 1. The van der Waals surface area contributed by atoms with Crippen molar-refractivity contribution in [3.8, 4) is 0 Å². The van der Waals surface area contributed by atoms with Gasteiger partial charge in [0.1, 0.15) is 12.7 Å². The fourth-order valence-corrected chi connectivity index (χ4v) is 4.46. The monoisotopic (exact) mass is 328 g/mol. The van der Waals surface area contributed by atoms with Gasteiger partial charge in [0.05, 0.1) is 17.5 Å². The second-order valence-corrected chi connectivity index (χ2v) is 8.50. The molecule has 8 heteroatoms. The maximum absolute atomic E-state index is 12.3. The van der Waals surface area contributed by atoms with Crippen molar-refractivity contribution in [2.24, 2.45) is 5.92 Å². The van der Waals surface area contributed by atoms with Crippen molar-refractivity contribution in [2.45, 2.75) is 39.2 Å². The van der Waals surface area contributed by atoms with Crippen LogP contribution in [0.3, 0.4) is 0 Å². The maximum Gasteiger partial charge on any atom is 0.223 e. The molecule has 0 bridgehead atoms. The zero-order chi connectivity index (χ0) is 16.2. The molecule has 0 spiro atoms. The van der Waals surface area contributed by atoms with Crippen LogP contribution in [0, 0.1) is 5.92 Å². The number of hydrogen-bond donors (Lipinski definition) is 0. The maximum atomic E-state index is 12.3. The van der Waals surface area contributed by atoms with Crippen LogP contribution in [0.1, 0.15) is 39.2 Å². The van der Waals surface area contributed by atoms with Crippen LogP contribution in [0.4, 0.5) is 0 Å². The Morgan fingerprint density at radius 2 is 2.18 bits per heavy atom. The summed E-state index contributed by atoms with van der Waals surface area (Å²) in [5, 5.41) is 4.12. The molecule has 0 saturated carbocycles. The van der Waals surface area contributed by atoms with Gasteiger partial charge in [0.25, 0.3) is 0 Å². The molecule has 22 heavy (non-hydrogen) atoms. The number of hydrogen-bond acceptors (Lipinski definition) is 5. The number of aromatic nitrogens is 3. The van der Waals surface area contributed by atoms with Gasteiger partial charge in [0.2, 0.25) is 5.91 Å². The smallest absolute Gasteiger partial charge is 0.223 e. The van der Waals surface area contributed by atoms with Gasteiger partial charge < -0.3 is 4.90 Å². The first-order valence-electron chi connectivity index (χ1n) is 7.69. The summed E-state index contributed by atoms with van der Waals surface area (Å²) in [6, 6.07) is 0.132. The molecular formula is C14H24N4O3S. The SMILES string of the molecule is CC(C)CS(=O)(=O)CCC(=O)N1CCC[C@@H](n2cncn2)C1. The molecule has 2 rings (SSSR count). The molecule has 124 valence electrons. The molecule has 1 aliphatic rings. The third kappa shape index (κ3) is 4.79. The first-order valence-corrected chi connectivity index (χ1v) is 9.52. The summed E-state index contributed by atoms with van der Waals surface area (Å²) in [4.78, 5) is 17.9. The lowest BCUT2D eigenvalue weighted by molar-refractivity contribution is -0.132. The molecule has 1 aliphatic heterocycles. The highest BCUT2D eigenvalue weighted by molar-refractivity contribution is 7.91. The molecular weight excluding hydrogens is 304 g/mol. The summed E-state index contributed by atoms with van der Waals surface area (Å²) < 4.78 is 25.5. The van der Waals surface area contributed by atoms with Crippen LogP contribution in [0.25, 0.3) is 0 Å². The number of nitrogens with zero attached hydrogens (tertiary/aromatic N) is 4. The van der Waals surface area contributed by atoms with Gasteiger partial charge in [-0.3, -0.25) is 4.79 Å². The van der Waals surface area contributed by atoms with Crippen LogP contribution in [0.2, 0.25) is 0 Å². The fraction of sp³-hybridized carbons (Fsp3) is 0.786. The molecule has 1 amide bonds.